The van der Waals surface area contributed by atoms with Crippen LogP contribution in [-0.2, 0) is 16.0 Å². The smallest absolute Gasteiger partial charge is 0.231 e. The van der Waals surface area contributed by atoms with Gasteiger partial charge in [-0.15, -0.1) is 0 Å². The van der Waals surface area contributed by atoms with E-state index < -0.39 is 0 Å². The molecular formula is C16H22N2O2. The van der Waals surface area contributed by atoms with Crippen molar-refractivity contribution in [3.63, 3.8) is 0 Å². The van der Waals surface area contributed by atoms with Gasteiger partial charge in [-0.2, -0.15) is 0 Å². The van der Waals surface area contributed by atoms with Crippen LogP contribution >= 0.6 is 0 Å². The van der Waals surface area contributed by atoms with Crippen LogP contribution in [0.4, 0.5) is 5.69 Å². The van der Waals surface area contributed by atoms with Gasteiger partial charge in [-0.25, -0.2) is 0 Å². The highest BCUT2D eigenvalue weighted by molar-refractivity contribution is 6.00. The van der Waals surface area contributed by atoms with E-state index >= 15 is 0 Å². The molecular weight excluding hydrogens is 252 g/mol. The number of fused-ring (bicyclic) bond motifs is 1. The van der Waals surface area contributed by atoms with Gasteiger partial charge in [-0.3, -0.25) is 4.79 Å². The van der Waals surface area contributed by atoms with E-state index in [1.807, 2.05) is 13.1 Å². The van der Waals surface area contributed by atoms with E-state index in [2.05, 4.69) is 19.1 Å². The van der Waals surface area contributed by atoms with Gasteiger partial charge in [-0.05, 0) is 30.0 Å². The molecule has 3 rings (SSSR count). The molecule has 2 aliphatic rings. The van der Waals surface area contributed by atoms with Crippen LogP contribution in [0.2, 0.25) is 0 Å². The average Bonchev–Trinajstić information content (AvgIpc) is 3.03. The first-order valence-electron chi connectivity index (χ1n) is 7.38. The van der Waals surface area contributed by atoms with Crippen LogP contribution in [0.3, 0.4) is 0 Å². The molecule has 3 atom stereocenters. The molecule has 3 unspecified atom stereocenters. The molecule has 0 spiro atoms. The molecule has 0 radical (unpaired) electrons. The number of ether oxygens (including phenoxy) is 1. The SMILES string of the molecule is CCC1OCCC1C(N)c1ccc2c(c1)CC(=O)N2C. The molecule has 0 bridgehead atoms. The summed E-state index contributed by atoms with van der Waals surface area (Å²) in [5.41, 5.74) is 9.69. The Hall–Kier alpha value is -1.39. The van der Waals surface area contributed by atoms with E-state index in [9.17, 15) is 4.79 Å². The highest BCUT2D eigenvalue weighted by Gasteiger charge is 2.33. The van der Waals surface area contributed by atoms with Crippen molar-refractivity contribution in [2.75, 3.05) is 18.6 Å². The van der Waals surface area contributed by atoms with Gasteiger partial charge in [0.25, 0.3) is 0 Å². The molecule has 108 valence electrons. The molecule has 2 aliphatic heterocycles. The van der Waals surface area contributed by atoms with Crippen LogP contribution in [0.1, 0.15) is 36.9 Å². The Morgan fingerprint density at radius 1 is 1.50 bits per heavy atom. The fourth-order valence-corrected chi connectivity index (χ4v) is 3.44. The number of nitrogens with zero attached hydrogens (tertiary/aromatic N) is 1. The lowest BCUT2D eigenvalue weighted by Crippen LogP contribution is -2.28. The second-order valence-corrected chi connectivity index (χ2v) is 5.81. The Kier molecular flexibility index (Phi) is 3.52. The van der Waals surface area contributed by atoms with Gasteiger partial charge in [0.15, 0.2) is 0 Å². The van der Waals surface area contributed by atoms with E-state index in [1.54, 1.807) is 4.90 Å². The van der Waals surface area contributed by atoms with Crippen molar-refractivity contribution in [1.82, 2.24) is 0 Å². The van der Waals surface area contributed by atoms with Crippen LogP contribution in [0.5, 0.6) is 0 Å². The minimum Gasteiger partial charge on any atom is -0.378 e. The number of nitrogens with two attached hydrogens (primary N) is 1. The van der Waals surface area contributed by atoms with Gasteiger partial charge in [0.2, 0.25) is 5.91 Å². The molecule has 0 saturated carbocycles. The third-order valence-corrected chi connectivity index (χ3v) is 4.69. The summed E-state index contributed by atoms with van der Waals surface area (Å²) >= 11 is 0. The first kappa shape index (κ1) is 13.6. The van der Waals surface area contributed by atoms with Crippen molar-refractivity contribution in [3.05, 3.63) is 29.3 Å². The number of carbonyl (C=O) groups excluding carboxylic acids is 1. The Balaban J connectivity index is 1.85. The van der Waals surface area contributed by atoms with Crippen LogP contribution in [0.25, 0.3) is 0 Å². The number of hydrogen-bond acceptors (Lipinski definition) is 3. The van der Waals surface area contributed by atoms with Gasteiger partial charge in [-0.1, -0.05) is 19.1 Å². The van der Waals surface area contributed by atoms with Gasteiger partial charge < -0.3 is 15.4 Å². The number of hydrogen-bond donors (Lipinski definition) is 1. The fourth-order valence-electron chi connectivity index (χ4n) is 3.44. The summed E-state index contributed by atoms with van der Waals surface area (Å²) in [7, 11) is 1.83. The molecule has 1 saturated heterocycles. The van der Waals surface area contributed by atoms with Crippen molar-refractivity contribution in [1.29, 1.82) is 0 Å². The Morgan fingerprint density at radius 2 is 2.30 bits per heavy atom. The quantitative estimate of drug-likeness (QED) is 0.917. The molecule has 4 heteroatoms. The summed E-state index contributed by atoms with van der Waals surface area (Å²) in [5, 5.41) is 0. The monoisotopic (exact) mass is 274 g/mol. The van der Waals surface area contributed by atoms with Crippen molar-refractivity contribution in [3.8, 4) is 0 Å². The molecule has 0 aliphatic carbocycles. The van der Waals surface area contributed by atoms with E-state index in [0.29, 0.717) is 12.3 Å². The summed E-state index contributed by atoms with van der Waals surface area (Å²) in [6, 6.07) is 6.18. The van der Waals surface area contributed by atoms with Crippen molar-refractivity contribution in [2.24, 2.45) is 11.7 Å². The number of carbonyl (C=O) groups is 1. The Labute approximate surface area is 119 Å². The molecule has 1 aromatic rings. The fraction of sp³-hybridized carbons (Fsp3) is 0.562. The molecule has 1 aromatic carbocycles. The van der Waals surface area contributed by atoms with Crippen molar-refractivity contribution >= 4 is 11.6 Å². The van der Waals surface area contributed by atoms with E-state index in [-0.39, 0.29) is 18.1 Å². The summed E-state index contributed by atoms with van der Waals surface area (Å²) in [4.78, 5) is 13.5. The number of benzene rings is 1. The second kappa shape index (κ2) is 5.19. The van der Waals surface area contributed by atoms with Crippen LogP contribution in [0.15, 0.2) is 18.2 Å². The molecule has 2 N–H and O–H groups in total. The zero-order valence-electron chi connectivity index (χ0n) is 12.1. The van der Waals surface area contributed by atoms with Crippen LogP contribution in [-0.4, -0.2) is 25.7 Å². The zero-order valence-corrected chi connectivity index (χ0v) is 12.1. The van der Waals surface area contributed by atoms with Gasteiger partial charge in [0, 0.05) is 31.3 Å². The first-order chi connectivity index (χ1) is 9.61. The predicted molar refractivity (Wildman–Crippen MR) is 78.6 cm³/mol. The maximum absolute atomic E-state index is 11.7. The summed E-state index contributed by atoms with van der Waals surface area (Å²) in [6.07, 6.45) is 2.78. The molecule has 1 amide bonds. The Bertz CT molecular complexity index is 529. The lowest BCUT2D eigenvalue weighted by atomic mass is 9.86. The third-order valence-electron chi connectivity index (χ3n) is 4.69. The van der Waals surface area contributed by atoms with Gasteiger partial charge in [0.1, 0.15) is 0 Å². The standard InChI is InChI=1S/C16H22N2O2/c1-3-14-12(6-7-20-14)16(17)10-4-5-13-11(8-10)9-15(19)18(13)2/h4-5,8,12,14,16H,3,6-7,9,17H2,1-2H3. The van der Waals surface area contributed by atoms with Gasteiger partial charge in [0.05, 0.1) is 12.5 Å². The maximum Gasteiger partial charge on any atom is 0.231 e. The summed E-state index contributed by atoms with van der Waals surface area (Å²) < 4.78 is 5.74. The highest BCUT2D eigenvalue weighted by atomic mass is 16.5. The summed E-state index contributed by atoms with van der Waals surface area (Å²) in [5.74, 6) is 0.536. The van der Waals surface area contributed by atoms with E-state index in [4.69, 9.17) is 10.5 Å². The van der Waals surface area contributed by atoms with E-state index in [0.717, 1.165) is 36.3 Å². The van der Waals surface area contributed by atoms with Gasteiger partial charge >= 0.3 is 0 Å². The Morgan fingerprint density at radius 3 is 3.05 bits per heavy atom. The normalized spacial score (nSPS) is 26.9. The molecule has 2 heterocycles. The highest BCUT2D eigenvalue weighted by Crippen LogP contribution is 2.36. The molecule has 4 nitrogen and oxygen atoms in total. The summed E-state index contributed by atoms with van der Waals surface area (Å²) in [6.45, 7) is 2.95. The first-order valence-corrected chi connectivity index (χ1v) is 7.38. The number of amides is 1. The number of rotatable bonds is 3. The largest absolute Gasteiger partial charge is 0.378 e. The third kappa shape index (κ3) is 2.13. The average molecular weight is 274 g/mol. The lowest BCUT2D eigenvalue weighted by molar-refractivity contribution is -0.117. The number of likely N-dealkylation sites (N-methyl/N-ethyl adjacent to an activating group) is 1. The molecule has 1 fully saturated rings. The predicted octanol–water partition coefficient (Wildman–Crippen LogP) is 2.02. The molecule has 0 aromatic heterocycles. The second-order valence-electron chi connectivity index (χ2n) is 5.81. The molecule has 20 heavy (non-hydrogen) atoms. The minimum absolute atomic E-state index is 0.00578. The maximum atomic E-state index is 11.7. The topological polar surface area (TPSA) is 55.6 Å². The zero-order chi connectivity index (χ0) is 14.3. The van der Waals surface area contributed by atoms with Crippen LogP contribution < -0.4 is 10.6 Å². The van der Waals surface area contributed by atoms with Crippen LogP contribution in [0, 0.1) is 5.92 Å². The van der Waals surface area contributed by atoms with E-state index in [1.165, 1.54) is 0 Å². The van der Waals surface area contributed by atoms with Crippen molar-refractivity contribution < 1.29 is 9.53 Å². The lowest BCUT2D eigenvalue weighted by Gasteiger charge is -2.24. The number of anilines is 1. The van der Waals surface area contributed by atoms with Crippen molar-refractivity contribution in [2.45, 2.75) is 38.3 Å². The minimum atomic E-state index is -0.00578.